The van der Waals surface area contributed by atoms with Crippen molar-refractivity contribution in [3.8, 4) is 5.75 Å². The number of hydrogen-bond acceptors (Lipinski definition) is 2. The SMILES string of the molecule is CC(/N=C/c1ccc(O)cc1)C1CCCCC1. The molecule has 1 unspecified atom stereocenters. The second-order valence-corrected chi connectivity index (χ2v) is 5.01. The predicted octanol–water partition coefficient (Wildman–Crippen LogP) is 3.78. The third-order valence-corrected chi connectivity index (χ3v) is 3.68. The molecule has 1 fully saturated rings. The van der Waals surface area contributed by atoms with Crippen LogP contribution < -0.4 is 0 Å². The Morgan fingerprint density at radius 2 is 1.82 bits per heavy atom. The van der Waals surface area contributed by atoms with Crippen molar-refractivity contribution in [3.05, 3.63) is 29.8 Å². The van der Waals surface area contributed by atoms with Gasteiger partial charge in [-0.05, 0) is 55.5 Å². The molecule has 0 aromatic heterocycles. The van der Waals surface area contributed by atoms with Crippen molar-refractivity contribution >= 4 is 6.21 Å². The normalized spacial score (nSPS) is 19.6. The van der Waals surface area contributed by atoms with Gasteiger partial charge in [-0.25, -0.2) is 0 Å². The number of hydrogen-bond donors (Lipinski definition) is 1. The van der Waals surface area contributed by atoms with Gasteiger partial charge in [0, 0.05) is 12.3 Å². The molecule has 0 radical (unpaired) electrons. The van der Waals surface area contributed by atoms with Gasteiger partial charge >= 0.3 is 0 Å². The van der Waals surface area contributed by atoms with Crippen molar-refractivity contribution in [2.45, 2.75) is 45.1 Å². The highest BCUT2D eigenvalue weighted by atomic mass is 16.3. The van der Waals surface area contributed by atoms with E-state index in [2.05, 4.69) is 11.9 Å². The molecule has 1 aromatic carbocycles. The second kappa shape index (κ2) is 5.85. The fourth-order valence-electron chi connectivity index (χ4n) is 2.50. The van der Waals surface area contributed by atoms with Gasteiger partial charge in [0.1, 0.15) is 5.75 Å². The third kappa shape index (κ3) is 3.58. The first kappa shape index (κ1) is 12.2. The molecule has 17 heavy (non-hydrogen) atoms. The summed E-state index contributed by atoms with van der Waals surface area (Å²) in [6, 6.07) is 7.61. The average Bonchev–Trinajstić information content (AvgIpc) is 2.39. The molecule has 2 heteroatoms. The lowest BCUT2D eigenvalue weighted by atomic mass is 9.85. The molecular formula is C15H21NO. The minimum Gasteiger partial charge on any atom is -0.508 e. The van der Waals surface area contributed by atoms with E-state index in [1.54, 1.807) is 12.1 Å². The number of nitrogens with zero attached hydrogens (tertiary/aromatic N) is 1. The molecule has 1 saturated carbocycles. The van der Waals surface area contributed by atoms with Gasteiger partial charge in [-0.1, -0.05) is 19.3 Å². The summed E-state index contributed by atoms with van der Waals surface area (Å²) in [6.45, 7) is 2.22. The van der Waals surface area contributed by atoms with Gasteiger partial charge in [0.15, 0.2) is 0 Å². The average molecular weight is 231 g/mol. The van der Waals surface area contributed by atoms with E-state index in [9.17, 15) is 5.11 Å². The summed E-state index contributed by atoms with van der Waals surface area (Å²) in [6.07, 6.45) is 8.71. The van der Waals surface area contributed by atoms with E-state index in [1.165, 1.54) is 32.1 Å². The van der Waals surface area contributed by atoms with Crippen LogP contribution in [0.1, 0.15) is 44.6 Å². The summed E-state index contributed by atoms with van der Waals surface area (Å²) in [7, 11) is 0. The Kier molecular flexibility index (Phi) is 4.18. The van der Waals surface area contributed by atoms with Gasteiger partial charge in [0.25, 0.3) is 0 Å². The Morgan fingerprint density at radius 3 is 2.47 bits per heavy atom. The van der Waals surface area contributed by atoms with Crippen molar-refractivity contribution in [3.63, 3.8) is 0 Å². The van der Waals surface area contributed by atoms with Gasteiger partial charge in [-0.15, -0.1) is 0 Å². The van der Waals surface area contributed by atoms with Crippen molar-refractivity contribution in [1.29, 1.82) is 0 Å². The monoisotopic (exact) mass is 231 g/mol. The molecule has 1 aliphatic rings. The van der Waals surface area contributed by atoms with Crippen molar-refractivity contribution in [1.82, 2.24) is 0 Å². The van der Waals surface area contributed by atoms with E-state index >= 15 is 0 Å². The van der Waals surface area contributed by atoms with E-state index in [0.717, 1.165) is 11.5 Å². The van der Waals surface area contributed by atoms with E-state index in [1.807, 2.05) is 18.3 Å². The van der Waals surface area contributed by atoms with Crippen LogP contribution in [-0.2, 0) is 0 Å². The summed E-state index contributed by atoms with van der Waals surface area (Å²) in [5.74, 6) is 1.07. The van der Waals surface area contributed by atoms with Crippen LogP contribution in [-0.4, -0.2) is 17.4 Å². The fraction of sp³-hybridized carbons (Fsp3) is 0.533. The molecular weight excluding hydrogens is 210 g/mol. The zero-order chi connectivity index (χ0) is 12.1. The maximum absolute atomic E-state index is 9.19. The topological polar surface area (TPSA) is 32.6 Å². The lowest BCUT2D eigenvalue weighted by Crippen LogP contribution is -2.18. The third-order valence-electron chi connectivity index (χ3n) is 3.68. The molecule has 0 amide bonds. The van der Waals surface area contributed by atoms with Crippen LogP contribution in [0, 0.1) is 5.92 Å². The lowest BCUT2D eigenvalue weighted by molar-refractivity contribution is 0.318. The zero-order valence-electron chi connectivity index (χ0n) is 10.5. The minimum atomic E-state index is 0.308. The number of phenolic OH excluding ortho intramolecular Hbond substituents is 1. The first-order valence-electron chi connectivity index (χ1n) is 6.58. The van der Waals surface area contributed by atoms with Gasteiger partial charge in [0.05, 0.1) is 0 Å². The van der Waals surface area contributed by atoms with E-state index in [4.69, 9.17) is 0 Å². The molecule has 1 aliphatic carbocycles. The highest BCUT2D eigenvalue weighted by Crippen LogP contribution is 2.27. The van der Waals surface area contributed by atoms with E-state index in [0.29, 0.717) is 11.8 Å². The Morgan fingerprint density at radius 1 is 1.18 bits per heavy atom. The maximum Gasteiger partial charge on any atom is 0.115 e. The first-order chi connectivity index (χ1) is 8.25. The molecule has 0 heterocycles. The number of aliphatic imine (C=N–C) groups is 1. The zero-order valence-corrected chi connectivity index (χ0v) is 10.5. The van der Waals surface area contributed by atoms with Crippen LogP contribution in [0.3, 0.4) is 0 Å². The first-order valence-corrected chi connectivity index (χ1v) is 6.58. The number of phenols is 1. The maximum atomic E-state index is 9.19. The van der Waals surface area contributed by atoms with Gasteiger partial charge in [0.2, 0.25) is 0 Å². The van der Waals surface area contributed by atoms with Crippen LogP contribution in [0.15, 0.2) is 29.3 Å². The van der Waals surface area contributed by atoms with Crippen molar-refractivity contribution in [2.24, 2.45) is 10.9 Å². The largest absolute Gasteiger partial charge is 0.508 e. The lowest BCUT2D eigenvalue weighted by Gasteiger charge is -2.24. The molecule has 0 aliphatic heterocycles. The fourth-order valence-corrected chi connectivity index (χ4v) is 2.50. The van der Waals surface area contributed by atoms with E-state index < -0.39 is 0 Å². The molecule has 2 nitrogen and oxygen atoms in total. The van der Waals surface area contributed by atoms with Crippen LogP contribution in [0.5, 0.6) is 5.75 Å². The molecule has 1 atom stereocenters. The smallest absolute Gasteiger partial charge is 0.115 e. The molecule has 0 saturated heterocycles. The molecule has 1 aromatic rings. The summed E-state index contributed by atoms with van der Waals surface area (Å²) in [4.78, 5) is 4.64. The Balaban J connectivity index is 1.92. The minimum absolute atomic E-state index is 0.308. The molecule has 0 spiro atoms. The second-order valence-electron chi connectivity index (χ2n) is 5.01. The Hall–Kier alpha value is -1.31. The molecule has 92 valence electrons. The quantitative estimate of drug-likeness (QED) is 0.789. The van der Waals surface area contributed by atoms with Crippen LogP contribution in [0.25, 0.3) is 0 Å². The molecule has 1 N–H and O–H groups in total. The number of aromatic hydroxyl groups is 1. The van der Waals surface area contributed by atoms with Gasteiger partial charge < -0.3 is 5.11 Å². The Labute approximate surface area is 103 Å². The molecule has 2 rings (SSSR count). The van der Waals surface area contributed by atoms with Crippen molar-refractivity contribution < 1.29 is 5.11 Å². The summed E-state index contributed by atoms with van der Waals surface area (Å²) >= 11 is 0. The highest BCUT2D eigenvalue weighted by molar-refractivity contribution is 5.79. The number of rotatable bonds is 3. The molecule has 0 bridgehead atoms. The van der Waals surface area contributed by atoms with Crippen LogP contribution in [0.4, 0.5) is 0 Å². The van der Waals surface area contributed by atoms with Crippen LogP contribution >= 0.6 is 0 Å². The number of benzene rings is 1. The Bertz CT molecular complexity index is 363. The van der Waals surface area contributed by atoms with Gasteiger partial charge in [-0.2, -0.15) is 0 Å². The van der Waals surface area contributed by atoms with Gasteiger partial charge in [-0.3, -0.25) is 4.99 Å². The summed E-state index contributed by atoms with van der Waals surface area (Å²) in [5.41, 5.74) is 1.06. The van der Waals surface area contributed by atoms with E-state index in [-0.39, 0.29) is 0 Å². The highest BCUT2D eigenvalue weighted by Gasteiger charge is 2.18. The summed E-state index contributed by atoms with van der Waals surface area (Å²) < 4.78 is 0. The van der Waals surface area contributed by atoms with Crippen LogP contribution in [0.2, 0.25) is 0 Å². The summed E-state index contributed by atoms with van der Waals surface area (Å²) in [5, 5.41) is 9.19. The predicted molar refractivity (Wildman–Crippen MR) is 71.7 cm³/mol. The standard InChI is InChI=1S/C15H21NO/c1-12(14-5-3-2-4-6-14)16-11-13-7-9-15(17)10-8-13/h7-12,14,17H,2-6H2,1H3/b16-11+. The van der Waals surface area contributed by atoms with Crippen molar-refractivity contribution in [2.75, 3.05) is 0 Å².